The summed E-state index contributed by atoms with van der Waals surface area (Å²) < 4.78 is 1.90. The van der Waals surface area contributed by atoms with Gasteiger partial charge in [0, 0.05) is 36.4 Å². The van der Waals surface area contributed by atoms with Crippen LogP contribution in [-0.4, -0.2) is 28.8 Å². The van der Waals surface area contributed by atoms with E-state index < -0.39 is 0 Å². The topological polar surface area (TPSA) is 54.2 Å². The van der Waals surface area contributed by atoms with Crippen LogP contribution in [0.1, 0.15) is 29.4 Å². The van der Waals surface area contributed by atoms with Crippen LogP contribution in [-0.2, 0) is 20.0 Å². The number of nitrogens with one attached hydrogen (secondary N) is 2. The van der Waals surface area contributed by atoms with Crippen molar-refractivity contribution in [3.05, 3.63) is 51.8 Å². The zero-order valence-electron chi connectivity index (χ0n) is 14.9. The molecule has 0 spiro atoms. The van der Waals surface area contributed by atoms with Gasteiger partial charge in [-0.2, -0.15) is 5.10 Å². The smallest absolute Gasteiger partial charge is 0.191 e. The summed E-state index contributed by atoms with van der Waals surface area (Å²) in [6.07, 6.45) is 0.923. The van der Waals surface area contributed by atoms with Gasteiger partial charge in [-0.1, -0.05) is 23.7 Å². The molecule has 0 saturated carbocycles. The molecule has 2 N–H and O–H groups in total. The number of aromatic nitrogens is 2. The van der Waals surface area contributed by atoms with Crippen LogP contribution in [0.15, 0.2) is 29.3 Å². The quantitative estimate of drug-likeness (QED) is 0.624. The molecule has 1 aromatic carbocycles. The van der Waals surface area contributed by atoms with Crippen LogP contribution in [0.3, 0.4) is 0 Å². The Balaban J connectivity index is 1.94. The molecule has 0 saturated heterocycles. The van der Waals surface area contributed by atoms with Crippen LogP contribution in [0, 0.1) is 13.8 Å². The summed E-state index contributed by atoms with van der Waals surface area (Å²) >= 11 is 5.91. The molecule has 130 valence electrons. The highest BCUT2D eigenvalue weighted by Gasteiger charge is 2.08. The maximum atomic E-state index is 5.91. The normalized spacial score (nSPS) is 11.6. The van der Waals surface area contributed by atoms with Crippen LogP contribution in [0.25, 0.3) is 0 Å². The highest BCUT2D eigenvalue weighted by molar-refractivity contribution is 6.30. The first-order chi connectivity index (χ1) is 11.5. The highest BCUT2D eigenvalue weighted by atomic mass is 35.5. The lowest BCUT2D eigenvalue weighted by atomic mass is 10.1. The number of rotatable bonds is 6. The molecule has 0 radical (unpaired) electrons. The van der Waals surface area contributed by atoms with Gasteiger partial charge in [-0.3, -0.25) is 4.68 Å². The molecular weight excluding hydrogens is 322 g/mol. The predicted molar refractivity (Wildman–Crippen MR) is 101 cm³/mol. The third-order valence-electron chi connectivity index (χ3n) is 4.02. The van der Waals surface area contributed by atoms with E-state index in [0.29, 0.717) is 6.54 Å². The SMILES string of the molecule is CCNC(=NCc1c(C)nn(C)c1C)NCCc1ccc(Cl)cc1. The van der Waals surface area contributed by atoms with E-state index >= 15 is 0 Å². The Labute approximate surface area is 149 Å². The van der Waals surface area contributed by atoms with E-state index in [1.165, 1.54) is 11.1 Å². The molecule has 0 aliphatic rings. The predicted octanol–water partition coefficient (Wildman–Crippen LogP) is 2.99. The van der Waals surface area contributed by atoms with Crippen LogP contribution in [0.2, 0.25) is 5.02 Å². The maximum Gasteiger partial charge on any atom is 0.191 e. The van der Waals surface area contributed by atoms with E-state index in [9.17, 15) is 0 Å². The molecule has 5 nitrogen and oxygen atoms in total. The molecular formula is C18H26ClN5. The number of nitrogens with zero attached hydrogens (tertiary/aromatic N) is 3. The minimum Gasteiger partial charge on any atom is -0.357 e. The minimum atomic E-state index is 0.627. The summed E-state index contributed by atoms with van der Waals surface area (Å²) in [6.45, 7) is 8.44. The Kier molecular flexibility index (Phi) is 6.67. The fraction of sp³-hybridized carbons (Fsp3) is 0.444. The molecule has 6 heteroatoms. The third-order valence-corrected chi connectivity index (χ3v) is 4.27. The van der Waals surface area contributed by atoms with E-state index in [0.717, 1.165) is 41.9 Å². The van der Waals surface area contributed by atoms with Gasteiger partial charge in [-0.15, -0.1) is 0 Å². The van der Waals surface area contributed by atoms with Crippen molar-refractivity contribution in [1.82, 2.24) is 20.4 Å². The van der Waals surface area contributed by atoms with Crippen LogP contribution < -0.4 is 10.6 Å². The molecule has 0 amide bonds. The number of hydrogen-bond acceptors (Lipinski definition) is 2. The summed E-state index contributed by atoms with van der Waals surface area (Å²) in [5.41, 5.74) is 4.64. The lowest BCUT2D eigenvalue weighted by molar-refractivity contribution is 0.730. The van der Waals surface area contributed by atoms with Crippen molar-refractivity contribution in [2.45, 2.75) is 33.7 Å². The Bertz CT molecular complexity index is 688. The standard InChI is InChI=1S/C18H26ClN5/c1-5-20-18(21-11-10-15-6-8-16(19)9-7-15)22-12-17-13(2)23-24(4)14(17)3/h6-9H,5,10-12H2,1-4H3,(H2,20,21,22). The van der Waals surface area contributed by atoms with E-state index in [-0.39, 0.29) is 0 Å². The summed E-state index contributed by atoms with van der Waals surface area (Å²) in [5.74, 6) is 0.828. The second-order valence-corrected chi connectivity index (χ2v) is 6.21. The molecule has 0 aliphatic heterocycles. The Morgan fingerprint density at radius 3 is 2.50 bits per heavy atom. The maximum absolute atomic E-state index is 5.91. The number of guanidine groups is 1. The monoisotopic (exact) mass is 347 g/mol. The van der Waals surface area contributed by atoms with Crippen molar-refractivity contribution in [1.29, 1.82) is 0 Å². The molecule has 0 atom stereocenters. The zero-order chi connectivity index (χ0) is 17.5. The number of benzene rings is 1. The molecule has 0 aliphatic carbocycles. The molecule has 0 bridgehead atoms. The first kappa shape index (κ1) is 18.3. The van der Waals surface area contributed by atoms with Crippen molar-refractivity contribution in [2.24, 2.45) is 12.0 Å². The number of aryl methyl sites for hydroxylation is 2. The van der Waals surface area contributed by atoms with Crippen LogP contribution >= 0.6 is 11.6 Å². The van der Waals surface area contributed by atoms with Crippen LogP contribution in [0.4, 0.5) is 0 Å². The third kappa shape index (κ3) is 4.99. The molecule has 0 fully saturated rings. The van der Waals surface area contributed by atoms with Gasteiger partial charge in [-0.05, 0) is 44.9 Å². The Hall–Kier alpha value is -2.01. The fourth-order valence-corrected chi connectivity index (χ4v) is 2.65. The van der Waals surface area contributed by atoms with E-state index in [2.05, 4.69) is 46.7 Å². The van der Waals surface area contributed by atoms with E-state index in [4.69, 9.17) is 11.6 Å². The highest BCUT2D eigenvalue weighted by Crippen LogP contribution is 2.13. The van der Waals surface area contributed by atoms with Crippen LogP contribution in [0.5, 0.6) is 0 Å². The van der Waals surface area contributed by atoms with Crippen molar-refractivity contribution < 1.29 is 0 Å². The summed E-state index contributed by atoms with van der Waals surface area (Å²) in [4.78, 5) is 4.68. The first-order valence-electron chi connectivity index (χ1n) is 8.27. The fourth-order valence-electron chi connectivity index (χ4n) is 2.52. The van der Waals surface area contributed by atoms with Crippen molar-refractivity contribution in [3.63, 3.8) is 0 Å². The van der Waals surface area contributed by atoms with E-state index in [1.807, 2.05) is 30.8 Å². The molecule has 1 heterocycles. The van der Waals surface area contributed by atoms with Gasteiger partial charge in [0.25, 0.3) is 0 Å². The molecule has 1 aromatic heterocycles. The van der Waals surface area contributed by atoms with Gasteiger partial charge >= 0.3 is 0 Å². The average molecular weight is 348 g/mol. The summed E-state index contributed by atoms with van der Waals surface area (Å²) in [5, 5.41) is 11.9. The van der Waals surface area contributed by atoms with Crippen molar-refractivity contribution in [3.8, 4) is 0 Å². The minimum absolute atomic E-state index is 0.627. The number of aliphatic imine (C=N–C) groups is 1. The summed E-state index contributed by atoms with van der Waals surface area (Å²) in [7, 11) is 1.96. The van der Waals surface area contributed by atoms with Gasteiger partial charge in [-0.25, -0.2) is 4.99 Å². The lowest BCUT2D eigenvalue weighted by Crippen LogP contribution is -2.38. The van der Waals surface area contributed by atoms with Gasteiger partial charge < -0.3 is 10.6 Å². The first-order valence-corrected chi connectivity index (χ1v) is 8.64. The molecule has 0 unspecified atom stereocenters. The zero-order valence-corrected chi connectivity index (χ0v) is 15.6. The Morgan fingerprint density at radius 2 is 1.92 bits per heavy atom. The van der Waals surface area contributed by atoms with Gasteiger partial charge in [0.05, 0.1) is 12.2 Å². The summed E-state index contributed by atoms with van der Waals surface area (Å²) in [6, 6.07) is 7.95. The number of halogens is 1. The molecule has 2 rings (SSSR count). The lowest BCUT2D eigenvalue weighted by Gasteiger charge is -2.11. The van der Waals surface area contributed by atoms with Gasteiger partial charge in [0.15, 0.2) is 5.96 Å². The number of hydrogen-bond donors (Lipinski definition) is 2. The Morgan fingerprint density at radius 1 is 1.21 bits per heavy atom. The van der Waals surface area contributed by atoms with Gasteiger partial charge in [0.1, 0.15) is 0 Å². The van der Waals surface area contributed by atoms with Crippen molar-refractivity contribution in [2.75, 3.05) is 13.1 Å². The second kappa shape index (κ2) is 8.73. The molecule has 24 heavy (non-hydrogen) atoms. The largest absolute Gasteiger partial charge is 0.357 e. The second-order valence-electron chi connectivity index (χ2n) is 5.77. The van der Waals surface area contributed by atoms with Crippen molar-refractivity contribution >= 4 is 17.6 Å². The van der Waals surface area contributed by atoms with Gasteiger partial charge in [0.2, 0.25) is 0 Å². The molecule has 2 aromatic rings. The van der Waals surface area contributed by atoms with E-state index in [1.54, 1.807) is 0 Å². The average Bonchev–Trinajstić information content (AvgIpc) is 2.80.